The fourth-order valence-electron chi connectivity index (χ4n) is 1.99. The van der Waals surface area contributed by atoms with Crippen molar-refractivity contribution in [2.45, 2.75) is 18.7 Å². The number of benzene rings is 2. The molecule has 104 valence electrons. The predicted molar refractivity (Wildman–Crippen MR) is 86.5 cm³/mol. The van der Waals surface area contributed by atoms with Gasteiger partial charge in [0.05, 0.1) is 0 Å². The first kappa shape index (κ1) is 14.5. The Balaban J connectivity index is 2.21. The summed E-state index contributed by atoms with van der Waals surface area (Å²) in [6.07, 6.45) is 2.02. The van der Waals surface area contributed by atoms with Gasteiger partial charge in [-0.25, -0.2) is 0 Å². The molecule has 0 aliphatic carbocycles. The molecule has 2 rings (SSSR count). The zero-order valence-corrected chi connectivity index (χ0v) is 12.7. The fraction of sp³-hybridized carbons (Fsp3) is 0.188. The van der Waals surface area contributed by atoms with E-state index in [4.69, 9.17) is 5.73 Å². The Morgan fingerprint density at radius 2 is 1.75 bits per heavy atom. The van der Waals surface area contributed by atoms with Gasteiger partial charge in [0.25, 0.3) is 5.91 Å². The van der Waals surface area contributed by atoms with Gasteiger partial charge in [0.2, 0.25) is 0 Å². The topological polar surface area (TPSA) is 55.1 Å². The minimum absolute atomic E-state index is 0.133. The summed E-state index contributed by atoms with van der Waals surface area (Å²) in [4.78, 5) is 13.4. The highest BCUT2D eigenvalue weighted by Gasteiger charge is 2.11. The summed E-state index contributed by atoms with van der Waals surface area (Å²) in [6, 6.07) is 11.4. The maximum atomic E-state index is 12.3. The van der Waals surface area contributed by atoms with Crippen LogP contribution in [0.25, 0.3) is 0 Å². The van der Waals surface area contributed by atoms with Crippen molar-refractivity contribution in [2.75, 3.05) is 17.3 Å². The highest BCUT2D eigenvalue weighted by Crippen LogP contribution is 2.21. The number of thioether (sulfide) groups is 1. The number of carbonyl (C=O) groups is 1. The van der Waals surface area contributed by atoms with Crippen LogP contribution in [-0.2, 0) is 0 Å². The zero-order chi connectivity index (χ0) is 14.7. The Labute approximate surface area is 123 Å². The average molecular weight is 286 g/mol. The summed E-state index contributed by atoms with van der Waals surface area (Å²) in [5, 5.41) is 2.89. The number of amides is 1. The molecule has 0 atom stereocenters. The van der Waals surface area contributed by atoms with E-state index in [0.29, 0.717) is 11.3 Å². The monoisotopic (exact) mass is 286 g/mol. The fourth-order valence-corrected chi connectivity index (χ4v) is 2.39. The van der Waals surface area contributed by atoms with Crippen molar-refractivity contribution in [2.24, 2.45) is 0 Å². The van der Waals surface area contributed by atoms with E-state index in [9.17, 15) is 4.79 Å². The van der Waals surface area contributed by atoms with Crippen LogP contribution in [0.3, 0.4) is 0 Å². The van der Waals surface area contributed by atoms with Gasteiger partial charge < -0.3 is 11.1 Å². The molecule has 3 nitrogen and oxygen atoms in total. The first-order valence-electron chi connectivity index (χ1n) is 6.33. The van der Waals surface area contributed by atoms with Crippen LogP contribution in [0.1, 0.15) is 21.5 Å². The molecule has 2 aromatic carbocycles. The van der Waals surface area contributed by atoms with Crippen LogP contribution < -0.4 is 11.1 Å². The van der Waals surface area contributed by atoms with Crippen LogP contribution in [0.15, 0.2) is 41.3 Å². The predicted octanol–water partition coefficient (Wildman–Crippen LogP) is 3.86. The third-order valence-corrected chi connectivity index (χ3v) is 3.95. The number of hydrogen-bond acceptors (Lipinski definition) is 3. The van der Waals surface area contributed by atoms with E-state index >= 15 is 0 Å². The molecule has 0 saturated carbocycles. The number of carbonyl (C=O) groups excluding carboxylic acids is 1. The molecule has 2 aromatic rings. The Morgan fingerprint density at radius 3 is 2.35 bits per heavy atom. The van der Waals surface area contributed by atoms with E-state index in [2.05, 4.69) is 5.32 Å². The van der Waals surface area contributed by atoms with Gasteiger partial charge in [-0.05, 0) is 61.6 Å². The van der Waals surface area contributed by atoms with Crippen molar-refractivity contribution in [3.05, 3.63) is 53.1 Å². The number of anilines is 2. The lowest BCUT2D eigenvalue weighted by molar-refractivity contribution is 0.102. The lowest BCUT2D eigenvalue weighted by Gasteiger charge is -2.10. The average Bonchev–Trinajstić information content (AvgIpc) is 2.43. The van der Waals surface area contributed by atoms with E-state index in [1.165, 1.54) is 4.90 Å². The van der Waals surface area contributed by atoms with Gasteiger partial charge in [-0.15, -0.1) is 11.8 Å². The van der Waals surface area contributed by atoms with Crippen LogP contribution in [-0.4, -0.2) is 12.2 Å². The van der Waals surface area contributed by atoms with Gasteiger partial charge in [-0.3, -0.25) is 4.79 Å². The number of rotatable bonds is 3. The van der Waals surface area contributed by atoms with Crippen molar-refractivity contribution in [3.63, 3.8) is 0 Å². The smallest absolute Gasteiger partial charge is 0.256 e. The van der Waals surface area contributed by atoms with Gasteiger partial charge in [-0.1, -0.05) is 6.07 Å². The van der Waals surface area contributed by atoms with Gasteiger partial charge >= 0.3 is 0 Å². The quantitative estimate of drug-likeness (QED) is 0.665. The summed E-state index contributed by atoms with van der Waals surface area (Å²) in [5.41, 5.74) is 9.83. The van der Waals surface area contributed by atoms with Crippen molar-refractivity contribution in [1.82, 2.24) is 0 Å². The van der Waals surface area contributed by atoms with E-state index in [-0.39, 0.29) is 5.91 Å². The van der Waals surface area contributed by atoms with Gasteiger partial charge in [0.1, 0.15) is 0 Å². The van der Waals surface area contributed by atoms with Crippen molar-refractivity contribution in [3.8, 4) is 0 Å². The zero-order valence-electron chi connectivity index (χ0n) is 11.9. The summed E-state index contributed by atoms with van der Waals surface area (Å²) >= 11 is 1.67. The van der Waals surface area contributed by atoms with Crippen molar-refractivity contribution in [1.29, 1.82) is 0 Å². The van der Waals surface area contributed by atoms with Gasteiger partial charge in [-0.2, -0.15) is 0 Å². The molecule has 0 aliphatic heterocycles. The summed E-state index contributed by atoms with van der Waals surface area (Å²) in [5.74, 6) is -0.133. The minimum atomic E-state index is -0.133. The summed E-state index contributed by atoms with van der Waals surface area (Å²) in [6.45, 7) is 3.85. The molecule has 20 heavy (non-hydrogen) atoms. The molecule has 0 fully saturated rings. The molecular formula is C16H18N2OS. The molecule has 0 aromatic heterocycles. The number of hydrogen-bond donors (Lipinski definition) is 2. The third kappa shape index (κ3) is 3.14. The van der Waals surface area contributed by atoms with Gasteiger partial charge in [0.15, 0.2) is 0 Å². The number of nitrogen functional groups attached to an aromatic ring is 1. The molecule has 0 bridgehead atoms. The maximum Gasteiger partial charge on any atom is 0.256 e. The second-order valence-corrected chi connectivity index (χ2v) is 5.59. The van der Waals surface area contributed by atoms with Crippen LogP contribution in [0.5, 0.6) is 0 Å². The highest BCUT2D eigenvalue weighted by molar-refractivity contribution is 7.98. The summed E-state index contributed by atoms with van der Waals surface area (Å²) < 4.78 is 0. The van der Waals surface area contributed by atoms with E-state index in [1.54, 1.807) is 17.8 Å². The molecule has 0 saturated heterocycles. The third-order valence-electron chi connectivity index (χ3n) is 3.21. The molecule has 4 heteroatoms. The largest absolute Gasteiger partial charge is 0.398 e. The molecule has 1 amide bonds. The van der Waals surface area contributed by atoms with E-state index in [0.717, 1.165) is 16.8 Å². The Bertz CT molecular complexity index is 636. The van der Waals surface area contributed by atoms with Crippen LogP contribution in [0.4, 0.5) is 11.4 Å². The van der Waals surface area contributed by atoms with Crippen LogP contribution in [0.2, 0.25) is 0 Å². The second-order valence-electron chi connectivity index (χ2n) is 4.71. The number of nitrogens with two attached hydrogens (primary N) is 1. The normalized spacial score (nSPS) is 10.3. The molecule has 0 heterocycles. The minimum Gasteiger partial charge on any atom is -0.398 e. The van der Waals surface area contributed by atoms with Crippen LogP contribution >= 0.6 is 11.8 Å². The van der Waals surface area contributed by atoms with Crippen molar-refractivity contribution < 1.29 is 4.79 Å². The SMILES string of the molecule is CSc1ccc(NC(=O)c2cc(N)c(C)cc2C)cc1. The summed E-state index contributed by atoms with van der Waals surface area (Å²) in [7, 11) is 0. The van der Waals surface area contributed by atoms with E-state index in [1.807, 2.05) is 50.4 Å². The van der Waals surface area contributed by atoms with E-state index < -0.39 is 0 Å². The Hall–Kier alpha value is -1.94. The standard InChI is InChI=1S/C16H18N2OS/c1-10-8-11(2)15(17)9-14(10)16(19)18-12-4-6-13(20-3)7-5-12/h4-9H,17H2,1-3H3,(H,18,19). The number of nitrogens with one attached hydrogen (secondary N) is 1. The van der Waals surface area contributed by atoms with Gasteiger partial charge in [0, 0.05) is 21.8 Å². The van der Waals surface area contributed by atoms with Crippen LogP contribution in [0, 0.1) is 13.8 Å². The molecular weight excluding hydrogens is 268 g/mol. The molecule has 0 aliphatic rings. The first-order chi connectivity index (χ1) is 9.51. The Morgan fingerprint density at radius 1 is 1.10 bits per heavy atom. The van der Waals surface area contributed by atoms with Crippen molar-refractivity contribution >= 4 is 29.0 Å². The molecule has 3 N–H and O–H groups in total. The second kappa shape index (κ2) is 6.01. The molecule has 0 unspecified atom stereocenters. The lowest BCUT2D eigenvalue weighted by Crippen LogP contribution is -2.14. The molecule has 0 radical (unpaired) electrons. The number of aryl methyl sites for hydroxylation is 2. The maximum absolute atomic E-state index is 12.3. The lowest BCUT2D eigenvalue weighted by atomic mass is 10.0. The highest BCUT2D eigenvalue weighted by atomic mass is 32.2. The Kier molecular flexibility index (Phi) is 4.35. The first-order valence-corrected chi connectivity index (χ1v) is 7.56. The molecule has 0 spiro atoms.